The fourth-order valence-electron chi connectivity index (χ4n) is 3.95. The average Bonchev–Trinajstić information content (AvgIpc) is 2.76. The maximum absolute atomic E-state index is 6.05. The average molecular weight is 534 g/mol. The van der Waals surface area contributed by atoms with Gasteiger partial charge in [0.2, 0.25) is 0 Å². The maximum atomic E-state index is 6.05. The summed E-state index contributed by atoms with van der Waals surface area (Å²) in [5, 5.41) is 7.86. The highest BCUT2D eigenvalue weighted by molar-refractivity contribution is 14.0. The smallest absolute Gasteiger partial charge is 0.191 e. The van der Waals surface area contributed by atoms with Gasteiger partial charge in [-0.05, 0) is 49.5 Å². The molecule has 0 spiro atoms. The molecule has 7 heteroatoms. The van der Waals surface area contributed by atoms with E-state index >= 15 is 0 Å². The number of thioether (sulfide) groups is 1. The highest BCUT2D eigenvalue weighted by Gasteiger charge is 2.21. The van der Waals surface area contributed by atoms with Crippen LogP contribution in [0, 0.1) is 0 Å². The lowest BCUT2D eigenvalue weighted by Gasteiger charge is -2.29. The molecule has 2 fully saturated rings. The van der Waals surface area contributed by atoms with Gasteiger partial charge in [-0.15, -0.1) is 24.0 Å². The van der Waals surface area contributed by atoms with E-state index in [0.717, 1.165) is 43.8 Å². The molecule has 5 nitrogen and oxygen atoms in total. The standard InChI is InChI=1S/C22H35N3O2S.HI/c1-23-22(25-19-7-4-8-21(14-19)28-2)24-15-17-5-3-6-18(13-17)16-27-20-9-11-26-12-10-20;/h3,5-6,13,19-21H,4,7-12,14-16H2,1-2H3,(H2,23,24,25);1H. The van der Waals surface area contributed by atoms with Gasteiger partial charge in [0.1, 0.15) is 0 Å². The molecule has 3 rings (SSSR count). The van der Waals surface area contributed by atoms with Crippen LogP contribution in [0.3, 0.4) is 0 Å². The molecule has 2 aliphatic rings. The number of ether oxygens (including phenoxy) is 2. The molecule has 2 N–H and O–H groups in total. The minimum Gasteiger partial charge on any atom is -0.381 e. The van der Waals surface area contributed by atoms with Crippen LogP contribution >= 0.6 is 35.7 Å². The molecule has 1 saturated heterocycles. The summed E-state index contributed by atoms with van der Waals surface area (Å²) >= 11 is 1.99. The number of nitrogens with one attached hydrogen (secondary N) is 2. The summed E-state index contributed by atoms with van der Waals surface area (Å²) in [5.74, 6) is 0.899. The lowest BCUT2D eigenvalue weighted by atomic mass is 9.95. The van der Waals surface area contributed by atoms with Gasteiger partial charge in [0.15, 0.2) is 5.96 Å². The fraction of sp³-hybridized carbons (Fsp3) is 0.682. The van der Waals surface area contributed by atoms with Crippen LogP contribution in [-0.4, -0.2) is 49.9 Å². The molecule has 0 bridgehead atoms. The van der Waals surface area contributed by atoms with E-state index in [1.165, 1.54) is 36.8 Å². The summed E-state index contributed by atoms with van der Waals surface area (Å²) in [5.41, 5.74) is 2.48. The van der Waals surface area contributed by atoms with Crippen LogP contribution in [0.25, 0.3) is 0 Å². The predicted octanol–water partition coefficient (Wildman–Crippen LogP) is 4.34. The third-order valence-corrected chi connectivity index (χ3v) is 6.72. The van der Waals surface area contributed by atoms with Gasteiger partial charge >= 0.3 is 0 Å². The zero-order valence-corrected chi connectivity index (χ0v) is 20.8. The van der Waals surface area contributed by atoms with Gasteiger partial charge in [0.05, 0.1) is 12.7 Å². The van der Waals surface area contributed by atoms with Crippen LogP contribution < -0.4 is 10.6 Å². The molecule has 0 amide bonds. The molecule has 29 heavy (non-hydrogen) atoms. The molecule has 1 heterocycles. The van der Waals surface area contributed by atoms with Crippen molar-refractivity contribution in [1.29, 1.82) is 0 Å². The summed E-state index contributed by atoms with van der Waals surface area (Å²) in [4.78, 5) is 4.42. The van der Waals surface area contributed by atoms with Crippen LogP contribution in [0.2, 0.25) is 0 Å². The minimum absolute atomic E-state index is 0. The van der Waals surface area contributed by atoms with Gasteiger partial charge in [-0.1, -0.05) is 30.7 Å². The van der Waals surface area contributed by atoms with Crippen molar-refractivity contribution in [3.63, 3.8) is 0 Å². The molecular formula is C22H36IN3O2S. The van der Waals surface area contributed by atoms with Crippen molar-refractivity contribution in [3.8, 4) is 0 Å². The summed E-state index contributed by atoms with van der Waals surface area (Å²) in [6, 6.07) is 9.16. The maximum Gasteiger partial charge on any atom is 0.191 e. The summed E-state index contributed by atoms with van der Waals surface area (Å²) in [6.07, 6.45) is 9.66. The Morgan fingerprint density at radius 3 is 2.76 bits per heavy atom. The number of guanidine groups is 1. The first-order chi connectivity index (χ1) is 13.8. The minimum atomic E-state index is 0. The Bertz CT molecular complexity index is 626. The highest BCUT2D eigenvalue weighted by Crippen LogP contribution is 2.26. The number of benzene rings is 1. The molecule has 1 aliphatic heterocycles. The summed E-state index contributed by atoms with van der Waals surface area (Å²) < 4.78 is 11.4. The number of aliphatic imine (C=N–C) groups is 1. The lowest BCUT2D eigenvalue weighted by molar-refractivity contribution is -0.0390. The Labute approximate surface area is 197 Å². The van der Waals surface area contributed by atoms with Crippen LogP contribution in [0.5, 0.6) is 0 Å². The number of rotatable bonds is 7. The van der Waals surface area contributed by atoms with Crippen LogP contribution in [0.1, 0.15) is 49.7 Å². The van der Waals surface area contributed by atoms with Crippen molar-refractivity contribution in [2.75, 3.05) is 26.5 Å². The topological polar surface area (TPSA) is 54.9 Å². The number of nitrogens with zero attached hydrogens (tertiary/aromatic N) is 1. The third kappa shape index (κ3) is 8.63. The van der Waals surface area contributed by atoms with E-state index < -0.39 is 0 Å². The Morgan fingerprint density at radius 2 is 2.00 bits per heavy atom. The fourth-order valence-corrected chi connectivity index (χ4v) is 4.78. The van der Waals surface area contributed by atoms with Gasteiger partial charge in [-0.25, -0.2) is 0 Å². The largest absolute Gasteiger partial charge is 0.381 e. The van der Waals surface area contributed by atoms with Crippen LogP contribution in [0.4, 0.5) is 0 Å². The van der Waals surface area contributed by atoms with E-state index in [9.17, 15) is 0 Å². The van der Waals surface area contributed by atoms with Crippen molar-refractivity contribution >= 4 is 41.7 Å². The summed E-state index contributed by atoms with van der Waals surface area (Å²) in [6.45, 7) is 3.08. The molecule has 164 valence electrons. The van der Waals surface area contributed by atoms with Gasteiger partial charge in [0.25, 0.3) is 0 Å². The second-order valence-corrected chi connectivity index (χ2v) is 8.87. The van der Waals surface area contributed by atoms with E-state index in [1.807, 2.05) is 18.8 Å². The van der Waals surface area contributed by atoms with Crippen molar-refractivity contribution in [3.05, 3.63) is 35.4 Å². The Kier molecular flexibility index (Phi) is 11.7. The van der Waals surface area contributed by atoms with Crippen LogP contribution in [-0.2, 0) is 22.6 Å². The normalized spacial score (nSPS) is 23.3. The Hall–Kier alpha value is -0.510. The Morgan fingerprint density at radius 1 is 1.21 bits per heavy atom. The van der Waals surface area contributed by atoms with Crippen molar-refractivity contribution < 1.29 is 9.47 Å². The van der Waals surface area contributed by atoms with Crippen molar-refractivity contribution in [1.82, 2.24) is 10.6 Å². The molecule has 2 unspecified atom stereocenters. The van der Waals surface area contributed by atoms with Crippen molar-refractivity contribution in [2.24, 2.45) is 4.99 Å². The predicted molar refractivity (Wildman–Crippen MR) is 133 cm³/mol. The molecule has 1 saturated carbocycles. The summed E-state index contributed by atoms with van der Waals surface area (Å²) in [7, 11) is 1.85. The number of hydrogen-bond donors (Lipinski definition) is 2. The van der Waals surface area contributed by atoms with Gasteiger partial charge in [-0.2, -0.15) is 11.8 Å². The van der Waals surface area contributed by atoms with Gasteiger partial charge < -0.3 is 20.1 Å². The molecule has 1 aromatic rings. The zero-order chi connectivity index (χ0) is 19.6. The van der Waals surface area contributed by atoms with E-state index in [2.05, 4.69) is 46.1 Å². The van der Waals surface area contributed by atoms with E-state index in [1.54, 1.807) is 0 Å². The first kappa shape index (κ1) is 24.8. The number of halogens is 1. The molecule has 1 aliphatic carbocycles. The van der Waals surface area contributed by atoms with Gasteiger partial charge in [-0.3, -0.25) is 4.99 Å². The van der Waals surface area contributed by atoms with Crippen molar-refractivity contribution in [2.45, 2.75) is 69.1 Å². The van der Waals surface area contributed by atoms with Gasteiger partial charge in [0, 0.05) is 38.1 Å². The molecular weight excluding hydrogens is 497 g/mol. The van der Waals surface area contributed by atoms with E-state index in [-0.39, 0.29) is 24.0 Å². The van der Waals surface area contributed by atoms with E-state index in [0.29, 0.717) is 18.8 Å². The second kappa shape index (κ2) is 13.7. The number of hydrogen-bond acceptors (Lipinski definition) is 4. The first-order valence-corrected chi connectivity index (χ1v) is 11.8. The molecule has 1 aromatic carbocycles. The second-order valence-electron chi connectivity index (χ2n) is 7.73. The first-order valence-electron chi connectivity index (χ1n) is 10.5. The third-order valence-electron chi connectivity index (χ3n) is 5.63. The lowest BCUT2D eigenvalue weighted by Crippen LogP contribution is -2.45. The molecule has 0 aromatic heterocycles. The molecule has 0 radical (unpaired) electrons. The Balaban J connectivity index is 0.00000300. The SMILES string of the molecule is CN=C(NCc1cccc(COC2CCOCC2)c1)NC1CCCC(SC)C1.I. The van der Waals surface area contributed by atoms with E-state index in [4.69, 9.17) is 9.47 Å². The zero-order valence-electron chi connectivity index (χ0n) is 17.7. The highest BCUT2D eigenvalue weighted by atomic mass is 127. The monoisotopic (exact) mass is 533 g/mol. The quantitative estimate of drug-likeness (QED) is 0.310. The molecule has 2 atom stereocenters. The van der Waals surface area contributed by atoms with Crippen LogP contribution in [0.15, 0.2) is 29.3 Å².